The van der Waals surface area contributed by atoms with E-state index in [2.05, 4.69) is 0 Å². The predicted molar refractivity (Wildman–Crippen MR) is 86.4 cm³/mol. The van der Waals surface area contributed by atoms with Gasteiger partial charge in [0.25, 0.3) is 5.56 Å². The van der Waals surface area contributed by atoms with Crippen molar-refractivity contribution in [1.82, 2.24) is 9.36 Å². The van der Waals surface area contributed by atoms with E-state index in [4.69, 9.17) is 34.8 Å². The fourth-order valence-corrected chi connectivity index (χ4v) is 2.77. The van der Waals surface area contributed by atoms with Crippen molar-refractivity contribution in [2.45, 2.75) is 0 Å². The zero-order valence-corrected chi connectivity index (χ0v) is 13.2. The Morgan fingerprint density at radius 3 is 2.14 bits per heavy atom. The molecule has 22 heavy (non-hydrogen) atoms. The third-order valence-corrected chi connectivity index (χ3v) is 3.85. The molecule has 2 aromatic carbocycles. The van der Waals surface area contributed by atoms with Gasteiger partial charge >= 0.3 is 0 Å². The van der Waals surface area contributed by atoms with E-state index in [-0.39, 0.29) is 10.7 Å². The van der Waals surface area contributed by atoms with Crippen LogP contribution in [0.4, 0.5) is 4.39 Å². The lowest BCUT2D eigenvalue weighted by molar-refractivity contribution is 0.595. The first kappa shape index (κ1) is 15.2. The maximum atomic E-state index is 14.1. The van der Waals surface area contributed by atoms with Crippen molar-refractivity contribution < 1.29 is 4.39 Å². The molecule has 0 aliphatic rings. The van der Waals surface area contributed by atoms with Crippen LogP contribution in [-0.4, -0.2) is 9.36 Å². The molecule has 0 saturated carbocycles. The molecule has 0 saturated heterocycles. The molecule has 3 nitrogen and oxygen atoms in total. The molecular weight excluding hydrogens is 350 g/mol. The number of hydrogen-bond donors (Lipinski definition) is 0. The summed E-state index contributed by atoms with van der Waals surface area (Å²) < 4.78 is 16.8. The smallest absolute Gasteiger partial charge is 0.267 e. The van der Waals surface area contributed by atoms with Crippen LogP contribution >= 0.6 is 34.8 Å². The minimum atomic E-state index is -0.611. The molecule has 7 heteroatoms. The van der Waals surface area contributed by atoms with Gasteiger partial charge in [0.1, 0.15) is 11.5 Å². The number of halogens is 4. The van der Waals surface area contributed by atoms with Crippen molar-refractivity contribution in [1.29, 1.82) is 0 Å². The van der Waals surface area contributed by atoms with Crippen molar-refractivity contribution >= 4 is 34.8 Å². The third kappa shape index (κ3) is 2.65. The molecule has 1 aromatic heterocycles. The molecule has 1 heterocycles. The number of aromatic nitrogens is 2. The van der Waals surface area contributed by atoms with Crippen LogP contribution in [-0.2, 0) is 0 Å². The van der Waals surface area contributed by atoms with Crippen molar-refractivity contribution in [2.75, 3.05) is 0 Å². The van der Waals surface area contributed by atoms with Crippen LogP contribution in [0.25, 0.3) is 11.4 Å². The lowest BCUT2D eigenvalue weighted by Crippen LogP contribution is -2.21. The Kier molecular flexibility index (Phi) is 4.00. The monoisotopic (exact) mass is 356 g/mol. The second-order valence-corrected chi connectivity index (χ2v) is 5.78. The second-order valence-electron chi connectivity index (χ2n) is 4.50. The molecule has 0 amide bonds. The first-order valence-corrected chi connectivity index (χ1v) is 7.32. The van der Waals surface area contributed by atoms with Crippen LogP contribution in [0.5, 0.6) is 0 Å². The molecule has 0 aliphatic heterocycles. The van der Waals surface area contributed by atoms with E-state index in [1.165, 1.54) is 33.8 Å². The van der Waals surface area contributed by atoms with Crippen LogP contribution in [0, 0.1) is 5.82 Å². The molecule has 0 fully saturated rings. The maximum absolute atomic E-state index is 14.1. The van der Waals surface area contributed by atoms with Crippen LogP contribution < -0.4 is 5.56 Å². The van der Waals surface area contributed by atoms with Gasteiger partial charge in [0, 0.05) is 22.3 Å². The zero-order chi connectivity index (χ0) is 15.9. The molecule has 0 atom stereocenters. The fourth-order valence-electron chi connectivity index (χ4n) is 2.12. The van der Waals surface area contributed by atoms with Gasteiger partial charge in [0.2, 0.25) is 0 Å². The summed E-state index contributed by atoms with van der Waals surface area (Å²) in [5, 5.41) is 1.05. The van der Waals surface area contributed by atoms with E-state index in [1.807, 2.05) is 0 Å². The molecule has 3 rings (SSSR count). The maximum Gasteiger partial charge on any atom is 0.271 e. The summed E-state index contributed by atoms with van der Waals surface area (Å²) in [4.78, 5) is 12.1. The first-order valence-electron chi connectivity index (χ1n) is 6.19. The molecule has 0 radical (unpaired) electrons. The van der Waals surface area contributed by atoms with Crippen molar-refractivity contribution in [3.8, 4) is 11.4 Å². The Morgan fingerprint density at radius 2 is 1.50 bits per heavy atom. The van der Waals surface area contributed by atoms with Gasteiger partial charge < -0.3 is 0 Å². The SMILES string of the molecule is O=c1ccn(-c2ccc(Cl)cc2Cl)n1-c1ccc(Cl)cc1F. The van der Waals surface area contributed by atoms with Crippen LogP contribution in [0.1, 0.15) is 0 Å². The van der Waals surface area contributed by atoms with Crippen molar-refractivity contribution in [2.24, 2.45) is 0 Å². The molecule has 112 valence electrons. The Bertz CT molecular complexity index is 917. The minimum Gasteiger partial charge on any atom is -0.267 e. The Labute approximate surface area is 140 Å². The van der Waals surface area contributed by atoms with E-state index >= 15 is 0 Å². The largest absolute Gasteiger partial charge is 0.271 e. The highest BCUT2D eigenvalue weighted by atomic mass is 35.5. The quantitative estimate of drug-likeness (QED) is 0.651. The van der Waals surface area contributed by atoms with Gasteiger partial charge in [-0.05, 0) is 36.4 Å². The van der Waals surface area contributed by atoms with Gasteiger partial charge in [-0.25, -0.2) is 9.07 Å². The number of benzene rings is 2. The number of hydrogen-bond acceptors (Lipinski definition) is 1. The Morgan fingerprint density at radius 1 is 0.864 bits per heavy atom. The summed E-state index contributed by atoms with van der Waals surface area (Å²) in [6.45, 7) is 0. The lowest BCUT2D eigenvalue weighted by atomic mass is 10.3. The normalized spacial score (nSPS) is 10.9. The van der Waals surface area contributed by atoms with Crippen LogP contribution in [0.3, 0.4) is 0 Å². The van der Waals surface area contributed by atoms with Crippen LogP contribution in [0.2, 0.25) is 15.1 Å². The minimum absolute atomic E-state index is 0.0745. The molecule has 0 N–H and O–H groups in total. The Balaban J connectivity index is 2.26. The summed E-state index contributed by atoms with van der Waals surface area (Å²) >= 11 is 17.8. The topological polar surface area (TPSA) is 26.9 Å². The van der Waals surface area contributed by atoms with E-state index in [9.17, 15) is 9.18 Å². The highest BCUT2D eigenvalue weighted by Crippen LogP contribution is 2.25. The average Bonchev–Trinajstić information content (AvgIpc) is 2.81. The second kappa shape index (κ2) is 5.80. The van der Waals surface area contributed by atoms with Gasteiger partial charge in [0.15, 0.2) is 0 Å². The highest BCUT2D eigenvalue weighted by Gasteiger charge is 2.14. The zero-order valence-electron chi connectivity index (χ0n) is 10.9. The molecule has 0 aliphatic carbocycles. The molecular formula is C15H8Cl3FN2O. The van der Waals surface area contributed by atoms with Gasteiger partial charge in [-0.3, -0.25) is 9.48 Å². The summed E-state index contributed by atoms with van der Waals surface area (Å²) in [5.41, 5.74) is 0.181. The first-order chi connectivity index (χ1) is 10.5. The van der Waals surface area contributed by atoms with E-state index < -0.39 is 11.4 Å². The summed E-state index contributed by atoms with van der Waals surface area (Å²) in [6, 6.07) is 10.2. The summed E-state index contributed by atoms with van der Waals surface area (Å²) in [7, 11) is 0. The highest BCUT2D eigenvalue weighted by molar-refractivity contribution is 6.35. The van der Waals surface area contributed by atoms with Crippen molar-refractivity contribution in [3.63, 3.8) is 0 Å². The van der Waals surface area contributed by atoms with E-state index in [0.717, 1.165) is 6.07 Å². The number of nitrogens with zero attached hydrogens (tertiary/aromatic N) is 2. The summed E-state index contributed by atoms with van der Waals surface area (Å²) in [6.07, 6.45) is 1.51. The molecule has 3 aromatic rings. The molecule has 0 spiro atoms. The summed E-state index contributed by atoms with van der Waals surface area (Å²) in [5.74, 6) is -0.611. The van der Waals surface area contributed by atoms with E-state index in [0.29, 0.717) is 15.7 Å². The van der Waals surface area contributed by atoms with Gasteiger partial charge in [0.05, 0.1) is 10.7 Å². The average molecular weight is 358 g/mol. The van der Waals surface area contributed by atoms with E-state index in [1.54, 1.807) is 18.2 Å². The van der Waals surface area contributed by atoms with Gasteiger partial charge in [-0.2, -0.15) is 0 Å². The Hall–Kier alpha value is -1.75. The van der Waals surface area contributed by atoms with Gasteiger partial charge in [-0.15, -0.1) is 0 Å². The van der Waals surface area contributed by atoms with Gasteiger partial charge in [-0.1, -0.05) is 34.8 Å². The lowest BCUT2D eigenvalue weighted by Gasteiger charge is -2.14. The predicted octanol–water partition coefficient (Wildman–Crippen LogP) is 4.73. The third-order valence-electron chi connectivity index (χ3n) is 3.08. The fraction of sp³-hybridized carbons (Fsp3) is 0. The molecule has 0 unspecified atom stereocenters. The standard InChI is InChI=1S/C15H8Cl3FN2O/c16-9-1-3-13(11(18)7-9)20-6-5-15(22)21(20)14-4-2-10(17)8-12(14)19/h1-8H. The molecule has 0 bridgehead atoms. The van der Waals surface area contributed by atoms with Crippen LogP contribution in [0.15, 0.2) is 53.5 Å². The van der Waals surface area contributed by atoms with Crippen molar-refractivity contribution in [3.05, 3.63) is 79.9 Å². The number of rotatable bonds is 2.